The van der Waals surface area contributed by atoms with Gasteiger partial charge in [-0.05, 0) is 42.3 Å². The number of rotatable bonds is 6. The van der Waals surface area contributed by atoms with Crippen LogP contribution in [0.3, 0.4) is 0 Å². The van der Waals surface area contributed by atoms with E-state index in [1.54, 1.807) is 13.2 Å². The van der Waals surface area contributed by atoms with Crippen molar-refractivity contribution in [3.05, 3.63) is 65.2 Å². The van der Waals surface area contributed by atoms with Crippen molar-refractivity contribution in [3.63, 3.8) is 0 Å². The Morgan fingerprint density at radius 3 is 2.71 bits per heavy atom. The Labute approximate surface area is 124 Å². The third-order valence-electron chi connectivity index (χ3n) is 3.42. The third kappa shape index (κ3) is 4.07. The van der Waals surface area contributed by atoms with Crippen LogP contribution in [-0.2, 0) is 6.54 Å². The van der Waals surface area contributed by atoms with Gasteiger partial charge in [-0.25, -0.2) is 0 Å². The number of nitrogens with two attached hydrogens (primary N) is 1. The molecule has 2 rings (SSSR count). The van der Waals surface area contributed by atoms with E-state index < -0.39 is 5.91 Å². The molecule has 0 spiro atoms. The maximum Gasteiger partial charge on any atom is 0.248 e. The fraction of sp³-hybridized carbons (Fsp3) is 0.235. The summed E-state index contributed by atoms with van der Waals surface area (Å²) < 4.78 is 5.23. The molecule has 0 heterocycles. The molecule has 0 aliphatic carbocycles. The van der Waals surface area contributed by atoms with Crippen molar-refractivity contribution >= 4 is 5.91 Å². The van der Waals surface area contributed by atoms with Crippen LogP contribution in [0.25, 0.3) is 0 Å². The molecule has 0 saturated heterocycles. The molecule has 0 radical (unpaired) electrons. The topological polar surface area (TPSA) is 64.3 Å². The molecule has 0 fully saturated rings. The number of methoxy groups -OCH3 is 1. The smallest absolute Gasteiger partial charge is 0.248 e. The Morgan fingerprint density at radius 2 is 2.00 bits per heavy atom. The van der Waals surface area contributed by atoms with E-state index in [9.17, 15) is 4.79 Å². The maximum atomic E-state index is 11.2. The van der Waals surface area contributed by atoms with Gasteiger partial charge in [0.05, 0.1) is 7.11 Å². The van der Waals surface area contributed by atoms with Crippen molar-refractivity contribution in [2.75, 3.05) is 7.11 Å². The quantitative estimate of drug-likeness (QED) is 0.857. The average molecular weight is 284 g/mol. The molecule has 0 aliphatic heterocycles. The predicted molar refractivity (Wildman–Crippen MR) is 83.2 cm³/mol. The van der Waals surface area contributed by atoms with Crippen LogP contribution < -0.4 is 15.8 Å². The highest BCUT2D eigenvalue weighted by atomic mass is 16.5. The van der Waals surface area contributed by atoms with Crippen molar-refractivity contribution in [2.45, 2.75) is 19.5 Å². The number of carbonyl (C=O) groups is 1. The minimum absolute atomic E-state index is 0.178. The van der Waals surface area contributed by atoms with E-state index in [1.165, 1.54) is 0 Å². The first-order valence-corrected chi connectivity index (χ1v) is 6.86. The third-order valence-corrected chi connectivity index (χ3v) is 3.42. The number of benzene rings is 2. The summed E-state index contributed by atoms with van der Waals surface area (Å²) in [6, 6.07) is 15.5. The number of hydrogen-bond donors (Lipinski definition) is 2. The van der Waals surface area contributed by atoms with Crippen LogP contribution in [0.2, 0.25) is 0 Å². The summed E-state index contributed by atoms with van der Waals surface area (Å²) in [5, 5.41) is 3.42. The first-order valence-electron chi connectivity index (χ1n) is 6.86. The summed E-state index contributed by atoms with van der Waals surface area (Å²) in [5.41, 5.74) is 8.00. The van der Waals surface area contributed by atoms with E-state index in [0.29, 0.717) is 12.1 Å². The minimum atomic E-state index is -0.405. The number of nitrogens with one attached hydrogen (secondary N) is 1. The second kappa shape index (κ2) is 6.90. The van der Waals surface area contributed by atoms with Crippen LogP contribution in [-0.4, -0.2) is 13.0 Å². The Bertz CT molecular complexity index is 626. The van der Waals surface area contributed by atoms with Gasteiger partial charge in [0, 0.05) is 18.2 Å². The van der Waals surface area contributed by atoms with Crippen LogP contribution in [0.1, 0.15) is 34.5 Å². The lowest BCUT2D eigenvalue weighted by Gasteiger charge is -2.15. The standard InChI is InChI=1S/C17H20N2O2/c1-12(14-6-4-8-16(10-14)21-2)19-11-13-5-3-7-15(9-13)17(18)20/h3-10,12,19H,11H2,1-2H3,(H2,18,20)/t12-/m0/s1. The van der Waals surface area contributed by atoms with Gasteiger partial charge in [-0.3, -0.25) is 4.79 Å². The van der Waals surface area contributed by atoms with Gasteiger partial charge in [-0.2, -0.15) is 0 Å². The predicted octanol–water partition coefficient (Wildman–Crippen LogP) is 2.64. The molecule has 4 nitrogen and oxygen atoms in total. The van der Waals surface area contributed by atoms with Crippen LogP contribution in [0.4, 0.5) is 0 Å². The molecule has 0 saturated carbocycles. The number of primary amides is 1. The van der Waals surface area contributed by atoms with Crippen molar-refractivity contribution in [3.8, 4) is 5.75 Å². The summed E-state index contributed by atoms with van der Waals surface area (Å²) in [5.74, 6) is 0.439. The normalized spacial score (nSPS) is 11.9. The van der Waals surface area contributed by atoms with E-state index in [-0.39, 0.29) is 6.04 Å². The minimum Gasteiger partial charge on any atom is -0.497 e. The number of hydrogen-bond acceptors (Lipinski definition) is 3. The molecule has 0 bridgehead atoms. The molecule has 3 N–H and O–H groups in total. The average Bonchev–Trinajstić information content (AvgIpc) is 2.53. The maximum absolute atomic E-state index is 11.2. The van der Waals surface area contributed by atoms with Crippen LogP contribution in [0.15, 0.2) is 48.5 Å². The molecule has 2 aromatic carbocycles. The van der Waals surface area contributed by atoms with E-state index in [4.69, 9.17) is 10.5 Å². The van der Waals surface area contributed by atoms with E-state index >= 15 is 0 Å². The fourth-order valence-electron chi connectivity index (χ4n) is 2.13. The number of amides is 1. The van der Waals surface area contributed by atoms with Gasteiger partial charge < -0.3 is 15.8 Å². The highest BCUT2D eigenvalue weighted by Gasteiger charge is 2.07. The Balaban J connectivity index is 2.01. The van der Waals surface area contributed by atoms with Crippen LogP contribution in [0.5, 0.6) is 5.75 Å². The largest absolute Gasteiger partial charge is 0.497 e. The van der Waals surface area contributed by atoms with Gasteiger partial charge >= 0.3 is 0 Å². The molecule has 21 heavy (non-hydrogen) atoms. The number of carbonyl (C=O) groups excluding carboxylic acids is 1. The lowest BCUT2D eigenvalue weighted by atomic mass is 10.1. The molecule has 1 atom stereocenters. The molecule has 0 aliphatic rings. The van der Waals surface area contributed by atoms with Gasteiger partial charge in [-0.1, -0.05) is 24.3 Å². The Morgan fingerprint density at radius 1 is 1.24 bits per heavy atom. The molecule has 4 heteroatoms. The van der Waals surface area contributed by atoms with Crippen molar-refractivity contribution < 1.29 is 9.53 Å². The lowest BCUT2D eigenvalue weighted by molar-refractivity contribution is 0.1000. The first-order chi connectivity index (χ1) is 10.1. The van der Waals surface area contributed by atoms with Gasteiger partial charge in [0.25, 0.3) is 0 Å². The molecule has 0 aromatic heterocycles. The zero-order valence-electron chi connectivity index (χ0n) is 12.3. The highest BCUT2D eigenvalue weighted by Crippen LogP contribution is 2.19. The number of ether oxygens (including phenoxy) is 1. The van der Waals surface area contributed by atoms with Gasteiger partial charge in [0.1, 0.15) is 5.75 Å². The summed E-state index contributed by atoms with van der Waals surface area (Å²) in [7, 11) is 1.66. The molecule has 2 aromatic rings. The van der Waals surface area contributed by atoms with E-state index in [2.05, 4.69) is 18.3 Å². The second-order valence-corrected chi connectivity index (χ2v) is 4.94. The second-order valence-electron chi connectivity index (χ2n) is 4.94. The lowest BCUT2D eigenvalue weighted by Crippen LogP contribution is -2.18. The summed E-state index contributed by atoms with van der Waals surface area (Å²) in [6.07, 6.45) is 0. The van der Waals surface area contributed by atoms with Gasteiger partial charge in [0.2, 0.25) is 5.91 Å². The monoisotopic (exact) mass is 284 g/mol. The molecular formula is C17H20N2O2. The van der Waals surface area contributed by atoms with Gasteiger partial charge in [-0.15, -0.1) is 0 Å². The Kier molecular flexibility index (Phi) is 4.95. The summed E-state index contributed by atoms with van der Waals surface area (Å²) in [4.78, 5) is 11.2. The summed E-state index contributed by atoms with van der Waals surface area (Å²) >= 11 is 0. The van der Waals surface area contributed by atoms with Crippen molar-refractivity contribution in [2.24, 2.45) is 5.73 Å². The fourth-order valence-corrected chi connectivity index (χ4v) is 2.13. The van der Waals surface area contributed by atoms with E-state index in [0.717, 1.165) is 16.9 Å². The SMILES string of the molecule is COc1cccc([C@H](C)NCc2cccc(C(N)=O)c2)c1. The zero-order valence-corrected chi connectivity index (χ0v) is 12.3. The van der Waals surface area contributed by atoms with Crippen LogP contribution in [0, 0.1) is 0 Å². The molecule has 0 unspecified atom stereocenters. The van der Waals surface area contributed by atoms with Crippen LogP contribution >= 0.6 is 0 Å². The van der Waals surface area contributed by atoms with Gasteiger partial charge in [0.15, 0.2) is 0 Å². The molecule has 1 amide bonds. The van der Waals surface area contributed by atoms with E-state index in [1.807, 2.05) is 36.4 Å². The Hall–Kier alpha value is -2.33. The van der Waals surface area contributed by atoms with Crippen molar-refractivity contribution in [1.29, 1.82) is 0 Å². The van der Waals surface area contributed by atoms with Crippen molar-refractivity contribution in [1.82, 2.24) is 5.32 Å². The first kappa shape index (κ1) is 15.1. The molecule has 110 valence electrons. The summed E-state index contributed by atoms with van der Waals surface area (Å²) in [6.45, 7) is 2.76. The molecular weight excluding hydrogens is 264 g/mol. The highest BCUT2D eigenvalue weighted by molar-refractivity contribution is 5.92. The zero-order chi connectivity index (χ0) is 15.2.